The van der Waals surface area contributed by atoms with Crippen LogP contribution in [-0.2, 0) is 0 Å². The van der Waals surface area contributed by atoms with Gasteiger partial charge in [0.05, 0.1) is 0 Å². The summed E-state index contributed by atoms with van der Waals surface area (Å²) in [5.74, 6) is 2.47. The zero-order valence-electron chi connectivity index (χ0n) is 11.4. The Kier molecular flexibility index (Phi) is 2.79. The molecule has 0 unspecified atom stereocenters. The zero-order chi connectivity index (χ0) is 13.7. The lowest BCUT2D eigenvalue weighted by Crippen LogP contribution is -2.42. The summed E-state index contributed by atoms with van der Waals surface area (Å²) in [4.78, 5) is 15.7. The molecule has 0 spiro atoms. The van der Waals surface area contributed by atoms with Crippen molar-refractivity contribution in [1.82, 2.24) is 10.3 Å². The number of carbonyl (C=O) groups excluding carboxylic acids is 1. The molecular formula is C16H19FN2O. The Morgan fingerprint density at radius 3 is 2.95 bits per heavy atom. The number of amides is 1. The fourth-order valence-corrected chi connectivity index (χ4v) is 5.03. The lowest BCUT2D eigenvalue weighted by Gasteiger charge is -2.32. The Bertz CT molecular complexity index is 547. The number of hydrogen-bond donors (Lipinski definition) is 1. The second-order valence-corrected chi connectivity index (χ2v) is 6.60. The lowest BCUT2D eigenvalue weighted by atomic mass is 9.79. The van der Waals surface area contributed by atoms with Crippen LogP contribution in [0.3, 0.4) is 0 Å². The zero-order valence-corrected chi connectivity index (χ0v) is 11.4. The van der Waals surface area contributed by atoms with Crippen molar-refractivity contribution in [2.75, 3.05) is 0 Å². The number of aromatic nitrogens is 1. The minimum atomic E-state index is -0.596. The largest absolute Gasteiger partial charge is 0.349 e. The summed E-state index contributed by atoms with van der Waals surface area (Å²) in [6, 6.07) is 3.08. The molecule has 4 heteroatoms. The van der Waals surface area contributed by atoms with E-state index >= 15 is 0 Å². The number of halogens is 1. The molecule has 1 N–H and O–H groups in total. The predicted octanol–water partition coefficient (Wildman–Crippen LogP) is 2.78. The molecule has 3 fully saturated rings. The highest BCUT2D eigenvalue weighted by Crippen LogP contribution is 2.58. The molecule has 1 amide bonds. The smallest absolute Gasteiger partial charge is 0.251 e. The van der Waals surface area contributed by atoms with Crippen LogP contribution in [0.4, 0.5) is 4.39 Å². The summed E-state index contributed by atoms with van der Waals surface area (Å²) in [5, 5.41) is 3.13. The highest BCUT2D eigenvalue weighted by molar-refractivity contribution is 5.94. The summed E-state index contributed by atoms with van der Waals surface area (Å²) in [5.41, 5.74) is 0.378. The molecule has 1 heterocycles. The first-order valence-electron chi connectivity index (χ1n) is 7.65. The number of pyridine rings is 1. The van der Waals surface area contributed by atoms with Crippen molar-refractivity contribution in [2.24, 2.45) is 23.7 Å². The van der Waals surface area contributed by atoms with Crippen molar-refractivity contribution in [3.8, 4) is 0 Å². The molecule has 0 saturated heterocycles. The van der Waals surface area contributed by atoms with Gasteiger partial charge in [-0.15, -0.1) is 0 Å². The van der Waals surface area contributed by atoms with Crippen LogP contribution in [-0.4, -0.2) is 16.9 Å². The van der Waals surface area contributed by atoms with Gasteiger partial charge in [-0.25, -0.2) is 4.98 Å². The van der Waals surface area contributed by atoms with E-state index in [2.05, 4.69) is 10.3 Å². The van der Waals surface area contributed by atoms with E-state index in [-0.39, 0.29) is 5.91 Å². The minimum Gasteiger partial charge on any atom is -0.349 e. The Labute approximate surface area is 118 Å². The van der Waals surface area contributed by atoms with Crippen molar-refractivity contribution in [2.45, 2.75) is 38.1 Å². The number of fused-ring (bicyclic) bond motifs is 5. The lowest BCUT2D eigenvalue weighted by molar-refractivity contribution is 0.0900. The van der Waals surface area contributed by atoms with E-state index in [1.54, 1.807) is 6.07 Å². The predicted molar refractivity (Wildman–Crippen MR) is 72.5 cm³/mol. The molecule has 106 valence electrons. The molecule has 0 radical (unpaired) electrons. The van der Waals surface area contributed by atoms with Crippen LogP contribution >= 0.6 is 0 Å². The molecule has 1 aromatic rings. The molecular weight excluding hydrogens is 255 g/mol. The fourth-order valence-electron chi connectivity index (χ4n) is 5.03. The standard InChI is InChI=1S/C16H19FN2O/c17-15-8-9(4-5-18-15)16(20)19-14-7-10-6-13(14)12-3-1-2-11(10)12/h4-5,8,10-14H,1-3,6-7H2,(H,19,20)/t10-,11-,12+,13+,14-/m1/s1. The summed E-state index contributed by atoms with van der Waals surface area (Å²) >= 11 is 0. The molecule has 4 rings (SSSR count). The van der Waals surface area contributed by atoms with Gasteiger partial charge in [-0.2, -0.15) is 4.39 Å². The third-order valence-corrected chi connectivity index (χ3v) is 5.73. The minimum absolute atomic E-state index is 0.154. The monoisotopic (exact) mass is 274 g/mol. The van der Waals surface area contributed by atoms with Crippen molar-refractivity contribution >= 4 is 5.91 Å². The van der Waals surface area contributed by atoms with Gasteiger partial charge >= 0.3 is 0 Å². The Morgan fingerprint density at radius 2 is 2.10 bits per heavy atom. The van der Waals surface area contributed by atoms with E-state index in [0.717, 1.165) is 24.2 Å². The van der Waals surface area contributed by atoms with Gasteiger partial charge in [0, 0.05) is 23.9 Å². The van der Waals surface area contributed by atoms with Gasteiger partial charge in [0.2, 0.25) is 5.95 Å². The first-order valence-corrected chi connectivity index (χ1v) is 7.65. The molecule has 5 atom stereocenters. The average molecular weight is 274 g/mol. The molecule has 3 nitrogen and oxygen atoms in total. The Morgan fingerprint density at radius 1 is 1.25 bits per heavy atom. The van der Waals surface area contributed by atoms with Crippen molar-refractivity contribution in [3.05, 3.63) is 29.8 Å². The van der Waals surface area contributed by atoms with Gasteiger partial charge in [-0.1, -0.05) is 6.42 Å². The SMILES string of the molecule is O=C(N[C@@H]1C[C@H]2C[C@H]1[C@H]1CCC[C@H]21)c1ccnc(F)c1. The summed E-state index contributed by atoms with van der Waals surface area (Å²) in [6.07, 6.45) is 7.83. The maximum absolute atomic E-state index is 13.1. The fraction of sp³-hybridized carbons (Fsp3) is 0.625. The van der Waals surface area contributed by atoms with E-state index < -0.39 is 5.95 Å². The number of nitrogens with zero attached hydrogens (tertiary/aromatic N) is 1. The Balaban J connectivity index is 1.47. The Hall–Kier alpha value is -1.45. The van der Waals surface area contributed by atoms with Crippen molar-refractivity contribution in [1.29, 1.82) is 0 Å². The van der Waals surface area contributed by atoms with Gasteiger partial charge in [0.15, 0.2) is 0 Å². The van der Waals surface area contributed by atoms with Crippen LogP contribution in [0.5, 0.6) is 0 Å². The maximum Gasteiger partial charge on any atom is 0.251 e. The quantitative estimate of drug-likeness (QED) is 0.843. The van der Waals surface area contributed by atoms with Crippen LogP contribution in [0.1, 0.15) is 42.5 Å². The van der Waals surface area contributed by atoms with Gasteiger partial charge in [0.1, 0.15) is 0 Å². The van der Waals surface area contributed by atoms with Crippen LogP contribution in [0.15, 0.2) is 18.3 Å². The number of rotatable bonds is 2. The molecule has 3 aliphatic carbocycles. The summed E-state index contributed by atoms with van der Waals surface area (Å²) in [7, 11) is 0. The highest BCUT2D eigenvalue weighted by Gasteiger charge is 2.54. The van der Waals surface area contributed by atoms with E-state index in [1.807, 2.05) is 0 Å². The first kappa shape index (κ1) is 12.3. The normalized spacial score (nSPS) is 38.0. The van der Waals surface area contributed by atoms with Gasteiger partial charge in [-0.3, -0.25) is 4.79 Å². The highest BCUT2D eigenvalue weighted by atomic mass is 19.1. The van der Waals surface area contributed by atoms with Crippen molar-refractivity contribution in [3.63, 3.8) is 0 Å². The van der Waals surface area contributed by atoms with Crippen LogP contribution < -0.4 is 5.32 Å². The topological polar surface area (TPSA) is 42.0 Å². The maximum atomic E-state index is 13.1. The van der Waals surface area contributed by atoms with Crippen LogP contribution in [0, 0.1) is 29.6 Å². The van der Waals surface area contributed by atoms with Gasteiger partial charge in [0.25, 0.3) is 5.91 Å². The van der Waals surface area contributed by atoms with E-state index in [1.165, 1.54) is 37.9 Å². The molecule has 20 heavy (non-hydrogen) atoms. The van der Waals surface area contributed by atoms with Gasteiger partial charge < -0.3 is 5.32 Å². The number of nitrogens with one attached hydrogen (secondary N) is 1. The number of carbonyl (C=O) groups is 1. The molecule has 0 aromatic carbocycles. The average Bonchev–Trinajstić information content (AvgIpc) is 3.10. The second-order valence-electron chi connectivity index (χ2n) is 6.60. The van der Waals surface area contributed by atoms with Crippen LogP contribution in [0.2, 0.25) is 0 Å². The van der Waals surface area contributed by atoms with E-state index in [0.29, 0.717) is 17.5 Å². The van der Waals surface area contributed by atoms with Crippen LogP contribution in [0.25, 0.3) is 0 Å². The second kappa shape index (κ2) is 4.54. The molecule has 1 aromatic heterocycles. The molecule has 0 aliphatic heterocycles. The molecule has 3 aliphatic rings. The van der Waals surface area contributed by atoms with E-state index in [9.17, 15) is 9.18 Å². The first-order chi connectivity index (χ1) is 9.72. The summed E-state index contributed by atoms with van der Waals surface area (Å²) in [6.45, 7) is 0. The molecule has 3 saturated carbocycles. The summed E-state index contributed by atoms with van der Waals surface area (Å²) < 4.78 is 13.1. The third-order valence-electron chi connectivity index (χ3n) is 5.73. The third kappa shape index (κ3) is 1.85. The van der Waals surface area contributed by atoms with Gasteiger partial charge in [-0.05, 0) is 55.4 Å². The number of hydrogen-bond acceptors (Lipinski definition) is 2. The van der Waals surface area contributed by atoms with Crippen molar-refractivity contribution < 1.29 is 9.18 Å². The molecule has 2 bridgehead atoms. The van der Waals surface area contributed by atoms with E-state index in [4.69, 9.17) is 0 Å².